The summed E-state index contributed by atoms with van der Waals surface area (Å²) in [4.78, 5) is 20.5. The van der Waals surface area contributed by atoms with Crippen molar-refractivity contribution in [1.82, 2.24) is 14.8 Å². The van der Waals surface area contributed by atoms with E-state index in [1.54, 1.807) is 5.38 Å². The van der Waals surface area contributed by atoms with Crippen LogP contribution in [0.2, 0.25) is 0 Å². The second kappa shape index (κ2) is 6.42. The van der Waals surface area contributed by atoms with E-state index in [-0.39, 0.29) is 18.6 Å². The van der Waals surface area contributed by atoms with Crippen molar-refractivity contribution in [3.8, 4) is 0 Å². The van der Waals surface area contributed by atoms with Gasteiger partial charge in [-0.25, -0.2) is 4.98 Å². The highest BCUT2D eigenvalue weighted by molar-refractivity contribution is 7.09. The standard InChI is InChI=1S/C12H20N4O2S/c1-9(13)11-14-10(8-19-11)12(18)16-4-2-15(3-5-16)6-7-17/h8-9,17H,2-7,13H2,1H3. The fraction of sp³-hybridized carbons (Fsp3) is 0.667. The molecule has 0 spiro atoms. The van der Waals surface area contributed by atoms with Gasteiger partial charge in [-0.15, -0.1) is 11.3 Å². The van der Waals surface area contributed by atoms with Crippen LogP contribution in [0.25, 0.3) is 0 Å². The largest absolute Gasteiger partial charge is 0.395 e. The molecule has 0 saturated carbocycles. The molecular formula is C12H20N4O2S. The number of nitrogens with zero attached hydrogens (tertiary/aromatic N) is 3. The van der Waals surface area contributed by atoms with Crippen molar-refractivity contribution < 1.29 is 9.90 Å². The average Bonchev–Trinajstić information content (AvgIpc) is 2.89. The number of nitrogens with two attached hydrogens (primary N) is 1. The number of aliphatic hydroxyl groups excluding tert-OH is 1. The van der Waals surface area contributed by atoms with Crippen LogP contribution in [0.15, 0.2) is 5.38 Å². The van der Waals surface area contributed by atoms with Gasteiger partial charge in [0.05, 0.1) is 12.6 Å². The second-order valence-corrected chi connectivity index (χ2v) is 5.61. The third-order valence-electron chi connectivity index (χ3n) is 3.21. The summed E-state index contributed by atoms with van der Waals surface area (Å²) in [5.41, 5.74) is 6.24. The third-order valence-corrected chi connectivity index (χ3v) is 4.25. The van der Waals surface area contributed by atoms with Crippen LogP contribution >= 0.6 is 11.3 Å². The number of piperazine rings is 1. The van der Waals surface area contributed by atoms with Crippen molar-refractivity contribution in [1.29, 1.82) is 0 Å². The first-order chi connectivity index (χ1) is 9.11. The fourth-order valence-electron chi connectivity index (χ4n) is 2.07. The maximum atomic E-state index is 12.3. The van der Waals surface area contributed by atoms with E-state index < -0.39 is 0 Å². The lowest BCUT2D eigenvalue weighted by atomic mass is 10.3. The van der Waals surface area contributed by atoms with Crippen LogP contribution in [0.4, 0.5) is 0 Å². The Kier molecular flexibility index (Phi) is 4.87. The van der Waals surface area contributed by atoms with E-state index in [0.29, 0.717) is 25.3 Å². The Balaban J connectivity index is 1.93. The molecule has 1 unspecified atom stereocenters. The molecule has 0 aromatic carbocycles. The van der Waals surface area contributed by atoms with Gasteiger partial charge in [-0.05, 0) is 6.92 Å². The normalized spacial score (nSPS) is 18.6. The lowest BCUT2D eigenvalue weighted by Gasteiger charge is -2.33. The van der Waals surface area contributed by atoms with Crippen molar-refractivity contribution >= 4 is 17.2 Å². The van der Waals surface area contributed by atoms with E-state index in [4.69, 9.17) is 10.8 Å². The van der Waals surface area contributed by atoms with Gasteiger partial charge in [-0.3, -0.25) is 9.69 Å². The van der Waals surface area contributed by atoms with Gasteiger partial charge in [-0.1, -0.05) is 0 Å². The molecule has 2 heterocycles. The number of hydrogen-bond donors (Lipinski definition) is 2. The van der Waals surface area contributed by atoms with E-state index in [1.165, 1.54) is 11.3 Å². The monoisotopic (exact) mass is 284 g/mol. The second-order valence-electron chi connectivity index (χ2n) is 4.72. The van der Waals surface area contributed by atoms with Crippen LogP contribution in [0.5, 0.6) is 0 Å². The van der Waals surface area contributed by atoms with E-state index in [1.807, 2.05) is 11.8 Å². The molecule has 1 fully saturated rings. The molecule has 6 nitrogen and oxygen atoms in total. The molecule has 3 N–H and O–H groups in total. The Morgan fingerprint density at radius 3 is 2.74 bits per heavy atom. The van der Waals surface area contributed by atoms with Crippen molar-refractivity contribution in [2.45, 2.75) is 13.0 Å². The zero-order valence-electron chi connectivity index (χ0n) is 11.1. The molecule has 7 heteroatoms. The van der Waals surface area contributed by atoms with Crippen molar-refractivity contribution in [3.05, 3.63) is 16.1 Å². The molecule has 106 valence electrons. The van der Waals surface area contributed by atoms with Crippen LogP contribution in [0, 0.1) is 0 Å². The van der Waals surface area contributed by atoms with Gasteiger partial charge in [0.25, 0.3) is 5.91 Å². The molecule has 1 amide bonds. The molecule has 0 bridgehead atoms. The number of amides is 1. The lowest BCUT2D eigenvalue weighted by Crippen LogP contribution is -2.49. The Labute approximate surface area is 116 Å². The fourth-order valence-corrected chi connectivity index (χ4v) is 2.82. The van der Waals surface area contributed by atoms with Crippen molar-refractivity contribution in [3.63, 3.8) is 0 Å². The van der Waals surface area contributed by atoms with E-state index in [0.717, 1.165) is 18.1 Å². The van der Waals surface area contributed by atoms with Gasteiger partial charge in [0.15, 0.2) is 0 Å². The first kappa shape index (κ1) is 14.4. The van der Waals surface area contributed by atoms with Crippen molar-refractivity contribution in [2.24, 2.45) is 5.73 Å². The maximum Gasteiger partial charge on any atom is 0.273 e. The maximum absolute atomic E-state index is 12.3. The Hall–Kier alpha value is -1.02. The Morgan fingerprint density at radius 1 is 1.53 bits per heavy atom. The highest BCUT2D eigenvalue weighted by atomic mass is 32.1. The molecule has 0 aliphatic carbocycles. The van der Waals surface area contributed by atoms with E-state index >= 15 is 0 Å². The zero-order chi connectivity index (χ0) is 13.8. The minimum atomic E-state index is -0.132. The molecule has 1 aliphatic heterocycles. The van der Waals surface area contributed by atoms with Gasteiger partial charge in [0, 0.05) is 38.1 Å². The highest BCUT2D eigenvalue weighted by Crippen LogP contribution is 2.17. The SMILES string of the molecule is CC(N)c1nc(C(=O)N2CCN(CCO)CC2)cs1. The molecule has 1 saturated heterocycles. The summed E-state index contributed by atoms with van der Waals surface area (Å²) in [6.45, 7) is 5.67. The summed E-state index contributed by atoms with van der Waals surface area (Å²) in [5.74, 6) is -0.0215. The number of aliphatic hydroxyl groups is 1. The molecule has 0 radical (unpaired) electrons. The molecule has 1 aromatic heterocycles. The van der Waals surface area contributed by atoms with Gasteiger partial charge in [-0.2, -0.15) is 0 Å². The van der Waals surface area contributed by atoms with Crippen LogP contribution in [0.1, 0.15) is 28.5 Å². The number of hydrogen-bond acceptors (Lipinski definition) is 6. The molecular weight excluding hydrogens is 264 g/mol. The number of thiazole rings is 1. The zero-order valence-corrected chi connectivity index (χ0v) is 11.9. The first-order valence-corrected chi connectivity index (χ1v) is 7.33. The van der Waals surface area contributed by atoms with Gasteiger partial charge < -0.3 is 15.7 Å². The van der Waals surface area contributed by atoms with Gasteiger partial charge in [0.1, 0.15) is 10.7 Å². The topological polar surface area (TPSA) is 82.7 Å². The average molecular weight is 284 g/mol. The summed E-state index contributed by atoms with van der Waals surface area (Å²) in [5, 5.41) is 11.5. The highest BCUT2D eigenvalue weighted by Gasteiger charge is 2.23. The number of β-amino-alcohol motifs (C(OH)–C–C–N with tert-alkyl or cyclic N) is 1. The number of aromatic nitrogens is 1. The summed E-state index contributed by atoms with van der Waals surface area (Å²) in [6, 6.07) is -0.132. The smallest absolute Gasteiger partial charge is 0.273 e. The molecule has 1 aliphatic rings. The van der Waals surface area contributed by atoms with Crippen LogP contribution < -0.4 is 5.73 Å². The van der Waals surface area contributed by atoms with Crippen LogP contribution in [-0.2, 0) is 0 Å². The summed E-state index contributed by atoms with van der Waals surface area (Å²) < 4.78 is 0. The molecule has 2 rings (SSSR count). The number of carbonyl (C=O) groups is 1. The first-order valence-electron chi connectivity index (χ1n) is 6.45. The summed E-state index contributed by atoms with van der Waals surface area (Å²) >= 11 is 1.43. The predicted molar refractivity (Wildman–Crippen MR) is 74.1 cm³/mol. The molecule has 19 heavy (non-hydrogen) atoms. The molecule has 1 atom stereocenters. The van der Waals surface area contributed by atoms with Crippen molar-refractivity contribution in [2.75, 3.05) is 39.3 Å². The lowest BCUT2D eigenvalue weighted by molar-refractivity contribution is 0.0610. The number of rotatable bonds is 4. The van der Waals surface area contributed by atoms with E-state index in [9.17, 15) is 4.79 Å². The quantitative estimate of drug-likeness (QED) is 0.807. The minimum absolute atomic E-state index is 0.0215. The number of carbonyl (C=O) groups excluding carboxylic acids is 1. The summed E-state index contributed by atoms with van der Waals surface area (Å²) in [6.07, 6.45) is 0. The van der Waals surface area contributed by atoms with Gasteiger partial charge in [0.2, 0.25) is 0 Å². The summed E-state index contributed by atoms with van der Waals surface area (Å²) in [7, 11) is 0. The van der Waals surface area contributed by atoms with Crippen LogP contribution in [0.3, 0.4) is 0 Å². The van der Waals surface area contributed by atoms with Crippen LogP contribution in [-0.4, -0.2) is 65.1 Å². The predicted octanol–water partition coefficient (Wildman–Crippen LogP) is -0.0871. The molecule has 1 aromatic rings. The van der Waals surface area contributed by atoms with E-state index in [2.05, 4.69) is 9.88 Å². The third kappa shape index (κ3) is 3.50. The minimum Gasteiger partial charge on any atom is -0.395 e. The Morgan fingerprint density at radius 2 is 2.21 bits per heavy atom. The van der Waals surface area contributed by atoms with Gasteiger partial charge >= 0.3 is 0 Å². The Bertz CT molecular complexity index is 427.